The van der Waals surface area contributed by atoms with Gasteiger partial charge in [0, 0.05) is 29.6 Å². The molecule has 2 aromatic rings. The van der Waals surface area contributed by atoms with Crippen LogP contribution in [0.2, 0.25) is 0 Å². The highest BCUT2D eigenvalue weighted by molar-refractivity contribution is 7.09. The van der Waals surface area contributed by atoms with Crippen LogP contribution in [0.4, 0.5) is 5.69 Å². The van der Waals surface area contributed by atoms with Crippen LogP contribution in [0.3, 0.4) is 0 Å². The van der Waals surface area contributed by atoms with Gasteiger partial charge in [-0.2, -0.15) is 0 Å². The number of rotatable bonds is 2. The van der Waals surface area contributed by atoms with Crippen LogP contribution in [0, 0.1) is 6.92 Å². The Kier molecular flexibility index (Phi) is 3.21. The quantitative estimate of drug-likeness (QED) is 0.676. The van der Waals surface area contributed by atoms with Crippen LogP contribution in [-0.2, 0) is 6.54 Å². The van der Waals surface area contributed by atoms with Crippen molar-refractivity contribution in [1.29, 1.82) is 0 Å². The molecule has 19 heavy (non-hydrogen) atoms. The van der Waals surface area contributed by atoms with Gasteiger partial charge >= 0.3 is 0 Å². The summed E-state index contributed by atoms with van der Waals surface area (Å²) in [4.78, 5) is 6.80. The first-order chi connectivity index (χ1) is 9.28. The second-order valence-electron chi connectivity index (χ2n) is 4.59. The summed E-state index contributed by atoms with van der Waals surface area (Å²) in [5.41, 5.74) is 4.00. The SMILES string of the molecule is Cc1nc(CN2CCC(=NO)c3ccccc32)cs1. The number of thiazole rings is 1. The van der Waals surface area contributed by atoms with Gasteiger partial charge in [0.25, 0.3) is 0 Å². The third kappa shape index (κ3) is 2.33. The van der Waals surface area contributed by atoms with E-state index in [1.807, 2.05) is 25.1 Å². The fraction of sp³-hybridized carbons (Fsp3) is 0.286. The Balaban J connectivity index is 1.92. The van der Waals surface area contributed by atoms with Crippen molar-refractivity contribution in [3.8, 4) is 0 Å². The minimum absolute atomic E-state index is 0.761. The maximum atomic E-state index is 9.08. The number of aryl methyl sites for hydroxylation is 1. The maximum Gasteiger partial charge on any atom is 0.0906 e. The molecule has 0 spiro atoms. The van der Waals surface area contributed by atoms with Crippen LogP contribution in [-0.4, -0.2) is 22.4 Å². The Morgan fingerprint density at radius 1 is 1.42 bits per heavy atom. The number of aromatic nitrogens is 1. The fourth-order valence-corrected chi connectivity index (χ4v) is 3.04. The van der Waals surface area contributed by atoms with Gasteiger partial charge < -0.3 is 10.1 Å². The first kappa shape index (κ1) is 12.2. The summed E-state index contributed by atoms with van der Waals surface area (Å²) in [5, 5.41) is 15.7. The Labute approximate surface area is 116 Å². The smallest absolute Gasteiger partial charge is 0.0906 e. The predicted octanol–water partition coefficient (Wildman–Crippen LogP) is 3.04. The third-order valence-corrected chi connectivity index (χ3v) is 4.14. The summed E-state index contributed by atoms with van der Waals surface area (Å²) in [6, 6.07) is 8.06. The molecule has 0 unspecified atom stereocenters. The largest absolute Gasteiger partial charge is 0.411 e. The molecule has 0 aliphatic carbocycles. The molecule has 0 saturated heterocycles. The molecule has 4 nitrogen and oxygen atoms in total. The molecular weight excluding hydrogens is 258 g/mol. The van der Waals surface area contributed by atoms with Crippen LogP contribution in [0.1, 0.15) is 22.7 Å². The Bertz CT molecular complexity index is 621. The third-order valence-electron chi connectivity index (χ3n) is 3.31. The van der Waals surface area contributed by atoms with E-state index in [4.69, 9.17) is 5.21 Å². The summed E-state index contributed by atoms with van der Waals surface area (Å²) in [7, 11) is 0. The summed E-state index contributed by atoms with van der Waals surface area (Å²) in [6.45, 7) is 3.68. The fourth-order valence-electron chi connectivity index (χ4n) is 2.43. The molecule has 98 valence electrons. The van der Waals surface area contributed by atoms with Gasteiger partial charge in [-0.3, -0.25) is 0 Å². The van der Waals surface area contributed by atoms with Crippen molar-refractivity contribution in [3.63, 3.8) is 0 Å². The highest BCUT2D eigenvalue weighted by Gasteiger charge is 2.22. The van der Waals surface area contributed by atoms with Crippen LogP contribution in [0.25, 0.3) is 0 Å². The number of para-hydroxylation sites is 1. The number of fused-ring (bicyclic) bond motifs is 1. The zero-order chi connectivity index (χ0) is 13.2. The highest BCUT2D eigenvalue weighted by atomic mass is 32.1. The molecule has 1 aromatic heterocycles. The van der Waals surface area contributed by atoms with Gasteiger partial charge in [-0.15, -0.1) is 11.3 Å². The van der Waals surface area contributed by atoms with Crippen LogP contribution in [0.15, 0.2) is 34.8 Å². The molecule has 2 heterocycles. The number of anilines is 1. The van der Waals surface area contributed by atoms with Crippen molar-refractivity contribution < 1.29 is 5.21 Å². The van der Waals surface area contributed by atoms with E-state index < -0.39 is 0 Å². The maximum absolute atomic E-state index is 9.08. The standard InChI is InChI=1S/C14H15N3OS/c1-10-15-11(9-19-10)8-17-7-6-13(16-18)12-4-2-3-5-14(12)17/h2-5,9,18H,6-8H2,1H3. The normalized spacial score (nSPS) is 16.7. The minimum Gasteiger partial charge on any atom is -0.411 e. The average molecular weight is 273 g/mol. The van der Waals surface area contributed by atoms with Crippen molar-refractivity contribution >= 4 is 22.7 Å². The number of benzene rings is 1. The van der Waals surface area contributed by atoms with Crippen molar-refractivity contribution in [3.05, 3.63) is 45.9 Å². The molecule has 3 rings (SSSR count). The lowest BCUT2D eigenvalue weighted by molar-refractivity contribution is 0.317. The second-order valence-corrected chi connectivity index (χ2v) is 5.66. The van der Waals surface area contributed by atoms with E-state index in [-0.39, 0.29) is 0 Å². The number of oxime groups is 1. The van der Waals surface area contributed by atoms with Gasteiger partial charge in [0.2, 0.25) is 0 Å². The molecule has 1 aliphatic rings. The molecule has 5 heteroatoms. The van der Waals surface area contributed by atoms with E-state index in [0.717, 1.165) is 47.2 Å². The lowest BCUT2D eigenvalue weighted by Gasteiger charge is -2.30. The zero-order valence-corrected chi connectivity index (χ0v) is 11.5. The minimum atomic E-state index is 0.761. The molecule has 1 aliphatic heterocycles. The van der Waals surface area contributed by atoms with Gasteiger partial charge in [0.15, 0.2) is 0 Å². The Morgan fingerprint density at radius 2 is 2.26 bits per heavy atom. The molecule has 1 aromatic carbocycles. The topological polar surface area (TPSA) is 48.7 Å². The molecule has 0 radical (unpaired) electrons. The summed E-state index contributed by atoms with van der Waals surface area (Å²) < 4.78 is 0. The number of hydrogen-bond acceptors (Lipinski definition) is 5. The molecule has 0 bridgehead atoms. The van der Waals surface area contributed by atoms with Crippen molar-refractivity contribution in [1.82, 2.24) is 4.98 Å². The number of hydrogen-bond donors (Lipinski definition) is 1. The van der Waals surface area contributed by atoms with E-state index >= 15 is 0 Å². The lowest BCUT2D eigenvalue weighted by atomic mass is 9.99. The second kappa shape index (κ2) is 5.01. The molecule has 1 N–H and O–H groups in total. The molecule has 0 amide bonds. The first-order valence-electron chi connectivity index (χ1n) is 6.24. The van der Waals surface area contributed by atoms with Gasteiger partial charge in [-0.1, -0.05) is 23.4 Å². The highest BCUT2D eigenvalue weighted by Crippen LogP contribution is 2.28. The van der Waals surface area contributed by atoms with E-state index in [1.165, 1.54) is 0 Å². The molecule has 0 saturated carbocycles. The molecule has 0 atom stereocenters. The monoisotopic (exact) mass is 273 g/mol. The summed E-state index contributed by atoms with van der Waals surface area (Å²) >= 11 is 1.68. The van der Waals surface area contributed by atoms with Gasteiger partial charge in [0.1, 0.15) is 0 Å². The van der Waals surface area contributed by atoms with E-state index in [1.54, 1.807) is 11.3 Å². The van der Waals surface area contributed by atoms with Crippen LogP contribution in [0.5, 0.6) is 0 Å². The predicted molar refractivity (Wildman–Crippen MR) is 77.3 cm³/mol. The van der Waals surface area contributed by atoms with Crippen molar-refractivity contribution in [2.75, 3.05) is 11.4 Å². The van der Waals surface area contributed by atoms with Crippen molar-refractivity contribution in [2.24, 2.45) is 5.16 Å². The summed E-state index contributed by atoms with van der Waals surface area (Å²) in [6.07, 6.45) is 0.761. The van der Waals surface area contributed by atoms with Crippen LogP contribution < -0.4 is 4.90 Å². The lowest BCUT2D eigenvalue weighted by Crippen LogP contribution is -2.32. The zero-order valence-electron chi connectivity index (χ0n) is 10.7. The van der Waals surface area contributed by atoms with Gasteiger partial charge in [-0.25, -0.2) is 4.98 Å². The first-order valence-corrected chi connectivity index (χ1v) is 7.12. The summed E-state index contributed by atoms with van der Waals surface area (Å²) in [5.74, 6) is 0. The number of nitrogens with zero attached hydrogens (tertiary/aromatic N) is 3. The Morgan fingerprint density at radius 3 is 3.00 bits per heavy atom. The van der Waals surface area contributed by atoms with Crippen LogP contribution >= 0.6 is 11.3 Å². The van der Waals surface area contributed by atoms with E-state index in [2.05, 4.69) is 26.5 Å². The van der Waals surface area contributed by atoms with E-state index in [9.17, 15) is 0 Å². The van der Waals surface area contributed by atoms with E-state index in [0.29, 0.717) is 0 Å². The molecule has 0 fully saturated rings. The van der Waals surface area contributed by atoms with Gasteiger partial charge in [-0.05, 0) is 13.0 Å². The molecular formula is C14H15N3OS. The average Bonchev–Trinajstić information content (AvgIpc) is 2.85. The Hall–Kier alpha value is -1.88. The van der Waals surface area contributed by atoms with Crippen molar-refractivity contribution in [2.45, 2.75) is 19.9 Å². The van der Waals surface area contributed by atoms with Gasteiger partial charge in [0.05, 0.1) is 23.0 Å².